The molecule has 0 heterocycles. The minimum absolute atomic E-state index is 0.662. The van der Waals surface area contributed by atoms with Crippen LogP contribution in [0.4, 0.5) is 11.4 Å². The first-order valence-corrected chi connectivity index (χ1v) is 4.39. The molecule has 1 aromatic carbocycles. The van der Waals surface area contributed by atoms with Crippen molar-refractivity contribution in [1.82, 2.24) is 0 Å². The van der Waals surface area contributed by atoms with Crippen LogP contribution in [-0.4, -0.2) is 20.7 Å². The third kappa shape index (κ3) is 2.95. The van der Waals surface area contributed by atoms with Crippen molar-refractivity contribution < 1.29 is 4.84 Å². The molecular weight excluding hydrogens is 164 g/mol. The second-order valence-corrected chi connectivity index (χ2v) is 2.98. The van der Waals surface area contributed by atoms with E-state index < -0.39 is 0 Å². The molecule has 0 unspecified atom stereocenters. The summed E-state index contributed by atoms with van der Waals surface area (Å²) >= 11 is 0. The van der Waals surface area contributed by atoms with Crippen molar-refractivity contribution in [2.24, 2.45) is 0 Å². The van der Waals surface area contributed by atoms with Crippen molar-refractivity contribution in [2.45, 2.75) is 6.92 Å². The molecule has 13 heavy (non-hydrogen) atoms. The summed E-state index contributed by atoms with van der Waals surface area (Å²) in [6.45, 7) is 2.61. The van der Waals surface area contributed by atoms with E-state index in [-0.39, 0.29) is 0 Å². The van der Waals surface area contributed by atoms with Gasteiger partial charge >= 0.3 is 0 Å². The van der Waals surface area contributed by atoms with Gasteiger partial charge in [0.15, 0.2) is 0 Å². The standard InChI is InChI=1S/C10H16N2O/c1-4-13-11-9-5-7-10(8-6-9)12(2)3/h5-8,11H,4H2,1-3H3. The van der Waals surface area contributed by atoms with Crippen LogP contribution in [0.5, 0.6) is 0 Å². The van der Waals surface area contributed by atoms with Crippen molar-refractivity contribution in [1.29, 1.82) is 0 Å². The maximum absolute atomic E-state index is 5.06. The lowest BCUT2D eigenvalue weighted by Crippen LogP contribution is -2.08. The molecule has 0 fully saturated rings. The van der Waals surface area contributed by atoms with Crippen LogP contribution in [0.15, 0.2) is 24.3 Å². The molecule has 1 N–H and O–H groups in total. The summed E-state index contributed by atoms with van der Waals surface area (Å²) in [6.07, 6.45) is 0. The van der Waals surface area contributed by atoms with Gasteiger partial charge in [0.05, 0.1) is 12.3 Å². The van der Waals surface area contributed by atoms with Gasteiger partial charge < -0.3 is 4.90 Å². The van der Waals surface area contributed by atoms with Crippen molar-refractivity contribution in [3.8, 4) is 0 Å². The molecule has 0 aromatic heterocycles. The van der Waals surface area contributed by atoms with Crippen LogP contribution in [0.1, 0.15) is 6.92 Å². The van der Waals surface area contributed by atoms with Crippen molar-refractivity contribution in [3.63, 3.8) is 0 Å². The van der Waals surface area contributed by atoms with E-state index >= 15 is 0 Å². The lowest BCUT2D eigenvalue weighted by Gasteiger charge is -2.12. The predicted molar refractivity (Wildman–Crippen MR) is 56.0 cm³/mol. The Bertz CT molecular complexity index is 244. The number of nitrogens with zero attached hydrogens (tertiary/aromatic N) is 1. The van der Waals surface area contributed by atoms with Gasteiger partial charge in [0.25, 0.3) is 0 Å². The van der Waals surface area contributed by atoms with Crippen LogP contribution in [0.25, 0.3) is 0 Å². The molecular formula is C10H16N2O. The summed E-state index contributed by atoms with van der Waals surface area (Å²) in [5.41, 5.74) is 5.00. The Kier molecular flexibility index (Phi) is 3.58. The highest BCUT2D eigenvalue weighted by Gasteiger charge is 1.94. The highest BCUT2D eigenvalue weighted by Crippen LogP contribution is 2.15. The van der Waals surface area contributed by atoms with Crippen LogP contribution < -0.4 is 10.4 Å². The maximum atomic E-state index is 5.06. The first kappa shape index (κ1) is 9.86. The number of hydrogen-bond acceptors (Lipinski definition) is 3. The molecule has 0 saturated heterocycles. The molecule has 72 valence electrons. The maximum Gasteiger partial charge on any atom is 0.0717 e. The third-order valence-corrected chi connectivity index (χ3v) is 1.72. The van der Waals surface area contributed by atoms with Gasteiger partial charge in [-0.25, -0.2) is 0 Å². The van der Waals surface area contributed by atoms with E-state index in [9.17, 15) is 0 Å². The number of rotatable bonds is 4. The second-order valence-electron chi connectivity index (χ2n) is 2.98. The van der Waals surface area contributed by atoms with Gasteiger partial charge in [0.2, 0.25) is 0 Å². The summed E-state index contributed by atoms with van der Waals surface area (Å²) in [7, 11) is 4.04. The van der Waals surface area contributed by atoms with Gasteiger partial charge in [-0.2, -0.15) is 0 Å². The first-order valence-electron chi connectivity index (χ1n) is 4.39. The number of anilines is 2. The van der Waals surface area contributed by atoms with Crippen LogP contribution in [0, 0.1) is 0 Å². The van der Waals surface area contributed by atoms with Crippen LogP contribution in [0.2, 0.25) is 0 Å². The van der Waals surface area contributed by atoms with Crippen LogP contribution in [0.3, 0.4) is 0 Å². The zero-order chi connectivity index (χ0) is 9.68. The number of hydrogen-bond donors (Lipinski definition) is 1. The van der Waals surface area contributed by atoms with E-state index in [1.807, 2.05) is 45.3 Å². The average Bonchev–Trinajstić information content (AvgIpc) is 2.15. The lowest BCUT2D eigenvalue weighted by atomic mass is 10.3. The minimum atomic E-state index is 0.662. The topological polar surface area (TPSA) is 24.5 Å². The summed E-state index contributed by atoms with van der Waals surface area (Å²) in [5.74, 6) is 0. The minimum Gasteiger partial charge on any atom is -0.378 e. The van der Waals surface area contributed by atoms with E-state index in [4.69, 9.17) is 4.84 Å². The normalized spacial score (nSPS) is 9.77. The first-order chi connectivity index (χ1) is 6.24. The molecule has 1 aromatic rings. The molecule has 0 atom stereocenters. The monoisotopic (exact) mass is 180 g/mol. The Morgan fingerprint density at radius 3 is 2.31 bits per heavy atom. The molecule has 0 aliphatic heterocycles. The zero-order valence-electron chi connectivity index (χ0n) is 8.37. The fraction of sp³-hybridized carbons (Fsp3) is 0.400. The van der Waals surface area contributed by atoms with E-state index in [2.05, 4.69) is 10.4 Å². The predicted octanol–water partition coefficient (Wildman–Crippen LogP) is 2.12. The Labute approximate surface area is 79.3 Å². The highest BCUT2D eigenvalue weighted by molar-refractivity contribution is 5.53. The Hall–Kier alpha value is -1.22. The number of nitrogens with one attached hydrogen (secondary N) is 1. The fourth-order valence-corrected chi connectivity index (χ4v) is 0.983. The molecule has 0 saturated carbocycles. The largest absolute Gasteiger partial charge is 0.378 e. The van der Waals surface area contributed by atoms with Gasteiger partial charge in [-0.15, -0.1) is 0 Å². The van der Waals surface area contributed by atoms with E-state index in [1.165, 1.54) is 5.69 Å². The van der Waals surface area contributed by atoms with Crippen molar-refractivity contribution in [3.05, 3.63) is 24.3 Å². The molecule has 3 heteroatoms. The molecule has 0 amide bonds. The molecule has 0 aliphatic carbocycles. The summed E-state index contributed by atoms with van der Waals surface area (Å²) in [6, 6.07) is 8.07. The van der Waals surface area contributed by atoms with Crippen molar-refractivity contribution in [2.75, 3.05) is 31.1 Å². The summed E-state index contributed by atoms with van der Waals surface area (Å²) < 4.78 is 0. The fourth-order valence-electron chi connectivity index (χ4n) is 0.983. The van der Waals surface area contributed by atoms with Crippen LogP contribution >= 0.6 is 0 Å². The molecule has 0 bridgehead atoms. The van der Waals surface area contributed by atoms with Crippen molar-refractivity contribution >= 4 is 11.4 Å². The number of benzene rings is 1. The summed E-state index contributed by atoms with van der Waals surface area (Å²) in [5, 5.41) is 0. The zero-order valence-corrected chi connectivity index (χ0v) is 8.37. The Morgan fingerprint density at radius 2 is 1.85 bits per heavy atom. The van der Waals surface area contributed by atoms with E-state index in [1.54, 1.807) is 0 Å². The molecule has 3 nitrogen and oxygen atoms in total. The van der Waals surface area contributed by atoms with Gasteiger partial charge in [-0.1, -0.05) is 0 Å². The lowest BCUT2D eigenvalue weighted by molar-refractivity contribution is 0.210. The SMILES string of the molecule is CCONc1ccc(N(C)C)cc1. The average molecular weight is 180 g/mol. The van der Waals surface area contributed by atoms with Gasteiger partial charge in [-0.3, -0.25) is 10.3 Å². The van der Waals surface area contributed by atoms with E-state index in [0.29, 0.717) is 6.61 Å². The van der Waals surface area contributed by atoms with E-state index in [0.717, 1.165) is 5.69 Å². The molecule has 1 rings (SSSR count). The van der Waals surface area contributed by atoms with Crippen LogP contribution in [-0.2, 0) is 4.84 Å². The second kappa shape index (κ2) is 4.72. The molecule has 0 aliphatic rings. The van der Waals surface area contributed by atoms with Gasteiger partial charge in [0.1, 0.15) is 0 Å². The summed E-state index contributed by atoms with van der Waals surface area (Å²) in [4.78, 5) is 7.12. The van der Waals surface area contributed by atoms with Gasteiger partial charge in [0, 0.05) is 19.8 Å². The molecule has 0 radical (unpaired) electrons. The molecule has 0 spiro atoms. The smallest absolute Gasteiger partial charge is 0.0717 e. The Morgan fingerprint density at radius 1 is 1.23 bits per heavy atom. The third-order valence-electron chi connectivity index (χ3n) is 1.72. The quantitative estimate of drug-likeness (QED) is 0.718. The van der Waals surface area contributed by atoms with Gasteiger partial charge in [-0.05, 0) is 31.2 Å². The highest BCUT2D eigenvalue weighted by atomic mass is 16.6. The Balaban J connectivity index is 2.59.